The molecule has 0 saturated carbocycles. The summed E-state index contributed by atoms with van der Waals surface area (Å²) in [5.41, 5.74) is -1.59. The lowest BCUT2D eigenvalue weighted by Crippen LogP contribution is -2.54. The van der Waals surface area contributed by atoms with Crippen LogP contribution < -0.4 is 10.1 Å². The van der Waals surface area contributed by atoms with Crippen molar-refractivity contribution in [3.05, 3.63) is 87.5 Å². The van der Waals surface area contributed by atoms with E-state index in [0.29, 0.717) is 6.54 Å². The van der Waals surface area contributed by atoms with Crippen LogP contribution in [0.25, 0.3) is 0 Å². The quantitative estimate of drug-likeness (QED) is 0.168. The number of methoxy groups -OCH3 is 1. The van der Waals surface area contributed by atoms with Crippen molar-refractivity contribution in [3.8, 4) is 17.2 Å². The molecule has 0 bridgehead atoms. The zero-order valence-corrected chi connectivity index (χ0v) is 25.2. The maximum absolute atomic E-state index is 13.8. The number of aliphatic hydroxyl groups is 3. The number of phenolic OH excluding ortho intramolecular Hbond substituents is 2. The maximum atomic E-state index is 13.8. The molecule has 11 heteroatoms. The van der Waals surface area contributed by atoms with Crippen LogP contribution in [0.4, 0.5) is 0 Å². The number of ether oxygens (including phenoxy) is 3. The van der Waals surface area contributed by atoms with E-state index in [9.17, 15) is 35.1 Å². The fourth-order valence-corrected chi connectivity index (χ4v) is 6.75. The van der Waals surface area contributed by atoms with Gasteiger partial charge in [0.05, 0.1) is 53.8 Å². The fraction of sp³-hybridized carbons (Fsp3) is 0.412. The zero-order chi connectivity index (χ0) is 32.2. The van der Waals surface area contributed by atoms with Gasteiger partial charge in [-0.15, -0.1) is 0 Å². The number of aromatic hydroxyl groups is 2. The van der Waals surface area contributed by atoms with Gasteiger partial charge < -0.3 is 45.1 Å². The Morgan fingerprint density at radius 3 is 2.42 bits per heavy atom. The molecular formula is C34H37NO10. The van der Waals surface area contributed by atoms with Gasteiger partial charge in [-0.05, 0) is 25.5 Å². The Morgan fingerprint density at radius 2 is 1.73 bits per heavy atom. The van der Waals surface area contributed by atoms with E-state index in [2.05, 4.69) is 5.32 Å². The van der Waals surface area contributed by atoms with Crippen molar-refractivity contribution in [1.29, 1.82) is 0 Å². The van der Waals surface area contributed by atoms with Crippen molar-refractivity contribution in [3.63, 3.8) is 0 Å². The minimum atomic E-state index is -1.82. The van der Waals surface area contributed by atoms with Gasteiger partial charge in [0.2, 0.25) is 5.78 Å². The van der Waals surface area contributed by atoms with E-state index in [1.165, 1.54) is 26.2 Å². The Kier molecular flexibility index (Phi) is 8.19. The first kappa shape index (κ1) is 31.2. The molecule has 3 aromatic carbocycles. The van der Waals surface area contributed by atoms with E-state index in [0.717, 1.165) is 5.56 Å². The highest BCUT2D eigenvalue weighted by molar-refractivity contribution is 6.31. The molecule has 0 aromatic heterocycles. The second-order valence-electron chi connectivity index (χ2n) is 12.1. The third-order valence-electron chi connectivity index (χ3n) is 9.32. The number of aliphatic hydroxyl groups excluding tert-OH is 2. The third kappa shape index (κ3) is 5.29. The molecule has 11 nitrogen and oxygen atoms in total. The molecule has 45 heavy (non-hydrogen) atoms. The number of carbonyl (C=O) groups excluding carboxylic acids is 2. The van der Waals surface area contributed by atoms with Crippen LogP contribution in [-0.4, -0.2) is 80.5 Å². The van der Waals surface area contributed by atoms with Gasteiger partial charge in [0.25, 0.3) is 0 Å². The number of hydrogen-bond acceptors (Lipinski definition) is 11. The van der Waals surface area contributed by atoms with Gasteiger partial charge in [-0.25, -0.2) is 0 Å². The highest BCUT2D eigenvalue weighted by Gasteiger charge is 2.49. The summed E-state index contributed by atoms with van der Waals surface area (Å²) in [5.74, 6) is -2.40. The van der Waals surface area contributed by atoms with Crippen molar-refractivity contribution in [2.24, 2.45) is 0 Å². The Morgan fingerprint density at radius 1 is 1.02 bits per heavy atom. The molecule has 7 atom stereocenters. The molecule has 6 rings (SSSR count). The average molecular weight is 620 g/mol. The zero-order valence-electron chi connectivity index (χ0n) is 25.2. The summed E-state index contributed by atoms with van der Waals surface area (Å²) in [6.07, 6.45) is -5.25. The first-order valence-corrected chi connectivity index (χ1v) is 15.0. The van der Waals surface area contributed by atoms with E-state index >= 15 is 0 Å². The number of ketones is 2. The topological polar surface area (TPSA) is 175 Å². The second-order valence-corrected chi connectivity index (χ2v) is 12.1. The summed E-state index contributed by atoms with van der Waals surface area (Å²) >= 11 is 0. The normalized spacial score (nSPS) is 28.2. The largest absolute Gasteiger partial charge is 0.507 e. The van der Waals surface area contributed by atoms with E-state index < -0.39 is 65.4 Å². The van der Waals surface area contributed by atoms with E-state index in [-0.39, 0.29) is 58.4 Å². The summed E-state index contributed by atoms with van der Waals surface area (Å²) < 4.78 is 17.7. The second kappa shape index (κ2) is 11.8. The average Bonchev–Trinajstić information content (AvgIpc) is 3.02. The highest BCUT2D eigenvalue weighted by atomic mass is 16.7. The number of fused-ring (bicyclic) bond motifs is 3. The molecule has 1 heterocycles. The van der Waals surface area contributed by atoms with Crippen molar-refractivity contribution in [2.75, 3.05) is 7.11 Å². The van der Waals surface area contributed by atoms with Gasteiger partial charge in [0, 0.05) is 48.5 Å². The van der Waals surface area contributed by atoms with E-state index in [1.54, 1.807) is 13.0 Å². The SMILES string of the molecule is COc1cccc2c1C(=O)c1c(O)c3c(c(O)c1C2=O)C[C@@](O)(C(C)O)C[C@@H]3OC1CC(NCc2ccccc2)C(O)C(C)O1. The van der Waals surface area contributed by atoms with Crippen LogP contribution in [-0.2, 0) is 22.4 Å². The van der Waals surface area contributed by atoms with Gasteiger partial charge in [0.15, 0.2) is 12.1 Å². The van der Waals surface area contributed by atoms with Gasteiger partial charge in [-0.2, -0.15) is 0 Å². The Hall–Kier alpha value is -3.84. The van der Waals surface area contributed by atoms with Crippen LogP contribution >= 0.6 is 0 Å². The lowest BCUT2D eigenvalue weighted by atomic mass is 9.71. The number of carbonyl (C=O) groups is 2. The fourth-order valence-electron chi connectivity index (χ4n) is 6.75. The Labute approximate surface area is 260 Å². The van der Waals surface area contributed by atoms with Gasteiger partial charge >= 0.3 is 0 Å². The molecule has 238 valence electrons. The summed E-state index contributed by atoms with van der Waals surface area (Å²) in [5, 5.41) is 59.6. The molecule has 2 aliphatic carbocycles. The summed E-state index contributed by atoms with van der Waals surface area (Å²) in [7, 11) is 1.36. The first-order chi connectivity index (χ1) is 21.4. The van der Waals surface area contributed by atoms with Crippen molar-refractivity contribution in [2.45, 2.75) is 82.0 Å². The number of phenols is 2. The van der Waals surface area contributed by atoms with Crippen LogP contribution in [0.1, 0.15) is 81.3 Å². The molecular weight excluding hydrogens is 582 g/mol. The van der Waals surface area contributed by atoms with Crippen LogP contribution in [0.15, 0.2) is 48.5 Å². The van der Waals surface area contributed by atoms with Crippen LogP contribution in [0.5, 0.6) is 17.2 Å². The Balaban J connectivity index is 1.39. The molecule has 1 aliphatic heterocycles. The van der Waals surface area contributed by atoms with Crippen molar-refractivity contribution < 1.29 is 49.3 Å². The molecule has 0 spiro atoms. The van der Waals surface area contributed by atoms with Crippen molar-refractivity contribution in [1.82, 2.24) is 5.32 Å². The number of hydrogen-bond donors (Lipinski definition) is 6. The standard InChI is InChI=1S/C34H37NO10/c1-16-29(37)21(35-15-18-8-5-4-6-9-18)12-24(44-16)45-23-14-34(42,17(2)36)13-20-26(23)33(41)28-27(31(20)39)30(38)19-10-7-11-22(43-3)25(19)32(28)40/h4-11,16-17,21,23-24,29,35-37,39,41-42H,12-15H2,1-3H3/t16?,17?,21?,23-,24?,29?,34-/m0/s1. The van der Waals surface area contributed by atoms with E-state index in [4.69, 9.17) is 14.2 Å². The number of nitrogens with one attached hydrogen (secondary N) is 1. The van der Waals surface area contributed by atoms with Crippen LogP contribution in [0, 0.1) is 0 Å². The molecule has 3 aliphatic rings. The van der Waals surface area contributed by atoms with E-state index in [1.807, 2.05) is 30.3 Å². The van der Waals surface area contributed by atoms with Crippen LogP contribution in [0.3, 0.4) is 0 Å². The lowest BCUT2D eigenvalue weighted by molar-refractivity contribution is -0.253. The molecule has 0 radical (unpaired) electrons. The molecule has 1 fully saturated rings. The smallest absolute Gasteiger partial charge is 0.202 e. The van der Waals surface area contributed by atoms with Gasteiger partial charge in [-0.3, -0.25) is 9.59 Å². The predicted molar refractivity (Wildman–Crippen MR) is 160 cm³/mol. The summed E-state index contributed by atoms with van der Waals surface area (Å²) in [4.78, 5) is 27.5. The number of benzene rings is 3. The monoisotopic (exact) mass is 619 g/mol. The van der Waals surface area contributed by atoms with Crippen molar-refractivity contribution >= 4 is 11.6 Å². The summed E-state index contributed by atoms with van der Waals surface area (Å²) in [6.45, 7) is 3.58. The molecule has 0 amide bonds. The molecule has 5 unspecified atom stereocenters. The van der Waals surface area contributed by atoms with Gasteiger partial charge in [0.1, 0.15) is 17.2 Å². The molecule has 1 saturated heterocycles. The molecule has 6 N–H and O–H groups in total. The first-order valence-electron chi connectivity index (χ1n) is 15.0. The van der Waals surface area contributed by atoms with Gasteiger partial charge in [-0.1, -0.05) is 42.5 Å². The minimum absolute atomic E-state index is 0.00749. The van der Waals surface area contributed by atoms with Crippen LogP contribution in [0.2, 0.25) is 0 Å². The highest BCUT2D eigenvalue weighted by Crippen LogP contribution is 2.53. The minimum Gasteiger partial charge on any atom is -0.507 e. The predicted octanol–water partition coefficient (Wildman–Crippen LogP) is 2.65. The third-order valence-corrected chi connectivity index (χ3v) is 9.32. The number of rotatable bonds is 7. The summed E-state index contributed by atoms with van der Waals surface area (Å²) in [6, 6.07) is 13.7. The lowest BCUT2D eigenvalue weighted by Gasteiger charge is -2.44. The molecule has 3 aromatic rings. The Bertz CT molecular complexity index is 1640. The maximum Gasteiger partial charge on any atom is 0.202 e.